The summed E-state index contributed by atoms with van der Waals surface area (Å²) < 4.78 is 0. The van der Waals surface area contributed by atoms with Crippen LogP contribution < -0.4 is 5.32 Å². The Labute approximate surface area is 157 Å². The molecule has 1 aromatic rings. The first kappa shape index (κ1) is 18.9. The van der Waals surface area contributed by atoms with Crippen molar-refractivity contribution in [3.05, 3.63) is 34.4 Å². The molecule has 1 saturated carbocycles. The van der Waals surface area contributed by atoms with Crippen LogP contribution in [0.25, 0.3) is 0 Å². The fourth-order valence-electron chi connectivity index (χ4n) is 3.92. The summed E-state index contributed by atoms with van der Waals surface area (Å²) >= 11 is 0. The van der Waals surface area contributed by atoms with Crippen LogP contribution in [0.2, 0.25) is 0 Å². The van der Waals surface area contributed by atoms with Crippen molar-refractivity contribution in [3.8, 4) is 0 Å². The lowest BCUT2D eigenvalue weighted by atomic mass is 9.83. The van der Waals surface area contributed by atoms with Gasteiger partial charge in [-0.2, -0.15) is 0 Å². The highest BCUT2D eigenvalue weighted by Gasteiger charge is 2.41. The van der Waals surface area contributed by atoms with E-state index in [9.17, 15) is 9.59 Å². The molecule has 3 rings (SSSR count). The monoisotopic (exact) mass is 356 g/mol. The third-order valence-corrected chi connectivity index (χ3v) is 5.75. The van der Waals surface area contributed by atoms with E-state index in [1.807, 2.05) is 4.90 Å². The molecule has 4 heteroatoms. The Bertz CT molecular complexity index is 690. The van der Waals surface area contributed by atoms with E-state index in [4.69, 9.17) is 0 Å². The first-order valence-corrected chi connectivity index (χ1v) is 9.84. The number of amides is 2. The number of hydrogen-bond donors (Lipinski definition) is 1. The maximum atomic E-state index is 12.4. The van der Waals surface area contributed by atoms with Gasteiger partial charge < -0.3 is 10.2 Å². The molecule has 1 aliphatic carbocycles. The van der Waals surface area contributed by atoms with Gasteiger partial charge in [-0.1, -0.05) is 32.9 Å². The molecule has 26 heavy (non-hydrogen) atoms. The number of rotatable bonds is 5. The fraction of sp³-hybridized carbons (Fsp3) is 0.636. The highest BCUT2D eigenvalue weighted by molar-refractivity contribution is 5.89. The lowest BCUT2D eigenvalue weighted by molar-refractivity contribution is -0.129. The number of likely N-dealkylation sites (tertiary alicyclic amines) is 1. The van der Waals surface area contributed by atoms with Crippen LogP contribution in [0.15, 0.2) is 12.1 Å². The zero-order chi connectivity index (χ0) is 19.1. The van der Waals surface area contributed by atoms with Crippen molar-refractivity contribution in [3.63, 3.8) is 0 Å². The van der Waals surface area contributed by atoms with Crippen molar-refractivity contribution in [1.29, 1.82) is 0 Å². The quantitative estimate of drug-likeness (QED) is 0.880. The van der Waals surface area contributed by atoms with Gasteiger partial charge in [-0.25, -0.2) is 0 Å². The van der Waals surface area contributed by atoms with Crippen LogP contribution in [0, 0.1) is 19.8 Å². The standard InChI is InChI=1S/C22H32N2O2/c1-14-10-17(22(3,4)5)11-15(2)19(14)8-9-23-21(26)16-12-20(25)24(13-16)18-6-7-18/h10-11,16,18H,6-9,12-13H2,1-5H3,(H,23,26)/t16-/m0/s1. The summed E-state index contributed by atoms with van der Waals surface area (Å²) in [5.41, 5.74) is 5.40. The normalized spacial score (nSPS) is 20.6. The molecule has 4 nitrogen and oxygen atoms in total. The van der Waals surface area contributed by atoms with Crippen LogP contribution in [0.1, 0.15) is 62.3 Å². The molecule has 1 aromatic carbocycles. The molecule has 1 heterocycles. The Morgan fingerprint density at radius 1 is 1.19 bits per heavy atom. The average Bonchev–Trinajstić information content (AvgIpc) is 3.31. The zero-order valence-corrected chi connectivity index (χ0v) is 16.8. The maximum Gasteiger partial charge on any atom is 0.225 e. The molecule has 1 saturated heterocycles. The Hall–Kier alpha value is -1.84. The van der Waals surface area contributed by atoms with E-state index in [-0.39, 0.29) is 23.1 Å². The van der Waals surface area contributed by atoms with Gasteiger partial charge in [-0.15, -0.1) is 0 Å². The number of aryl methyl sites for hydroxylation is 2. The zero-order valence-electron chi connectivity index (χ0n) is 16.8. The van der Waals surface area contributed by atoms with Crippen molar-refractivity contribution < 1.29 is 9.59 Å². The van der Waals surface area contributed by atoms with E-state index < -0.39 is 0 Å². The number of hydrogen-bond acceptors (Lipinski definition) is 2. The number of carbonyl (C=O) groups is 2. The van der Waals surface area contributed by atoms with E-state index in [1.165, 1.54) is 22.3 Å². The van der Waals surface area contributed by atoms with Gasteiger partial charge in [0.25, 0.3) is 0 Å². The van der Waals surface area contributed by atoms with E-state index in [0.717, 1.165) is 19.3 Å². The molecule has 2 aliphatic rings. The van der Waals surface area contributed by atoms with Gasteiger partial charge in [-0.3, -0.25) is 9.59 Å². The first-order chi connectivity index (χ1) is 12.2. The minimum absolute atomic E-state index is 0.0307. The minimum Gasteiger partial charge on any atom is -0.355 e. The second-order valence-electron chi connectivity index (χ2n) is 9.06. The van der Waals surface area contributed by atoms with Crippen LogP contribution in [-0.2, 0) is 21.4 Å². The second-order valence-corrected chi connectivity index (χ2v) is 9.06. The molecule has 1 N–H and O–H groups in total. The second kappa shape index (κ2) is 7.05. The van der Waals surface area contributed by atoms with Gasteiger partial charge in [-0.05, 0) is 60.8 Å². The van der Waals surface area contributed by atoms with Crippen LogP contribution >= 0.6 is 0 Å². The molecule has 1 aliphatic heterocycles. The molecule has 0 spiro atoms. The van der Waals surface area contributed by atoms with E-state index in [1.54, 1.807) is 0 Å². The summed E-state index contributed by atoms with van der Waals surface area (Å²) in [5.74, 6) is 0.00814. The average molecular weight is 357 g/mol. The molecule has 0 aromatic heterocycles. The molecule has 2 amide bonds. The Kier molecular flexibility index (Phi) is 5.14. The lowest BCUT2D eigenvalue weighted by Crippen LogP contribution is -2.34. The Morgan fingerprint density at radius 2 is 1.81 bits per heavy atom. The largest absolute Gasteiger partial charge is 0.355 e. The fourth-order valence-corrected chi connectivity index (χ4v) is 3.92. The number of nitrogens with zero attached hydrogens (tertiary/aromatic N) is 1. The molecular weight excluding hydrogens is 324 g/mol. The molecule has 2 fully saturated rings. The third-order valence-electron chi connectivity index (χ3n) is 5.75. The lowest BCUT2D eigenvalue weighted by Gasteiger charge is -2.22. The summed E-state index contributed by atoms with van der Waals surface area (Å²) in [4.78, 5) is 26.4. The molecule has 0 bridgehead atoms. The predicted molar refractivity (Wildman–Crippen MR) is 104 cm³/mol. The van der Waals surface area contributed by atoms with Crippen LogP contribution in [-0.4, -0.2) is 35.8 Å². The highest BCUT2D eigenvalue weighted by Crippen LogP contribution is 2.32. The van der Waals surface area contributed by atoms with E-state index in [0.29, 0.717) is 25.6 Å². The van der Waals surface area contributed by atoms with Gasteiger partial charge in [0.1, 0.15) is 0 Å². The molecule has 0 radical (unpaired) electrons. The van der Waals surface area contributed by atoms with Gasteiger partial charge >= 0.3 is 0 Å². The van der Waals surface area contributed by atoms with Gasteiger partial charge in [0.05, 0.1) is 5.92 Å². The first-order valence-electron chi connectivity index (χ1n) is 9.84. The van der Waals surface area contributed by atoms with Gasteiger partial charge in [0.15, 0.2) is 0 Å². The number of carbonyl (C=O) groups excluding carboxylic acids is 2. The Balaban J connectivity index is 1.55. The highest BCUT2D eigenvalue weighted by atomic mass is 16.2. The van der Waals surface area contributed by atoms with Crippen molar-refractivity contribution in [1.82, 2.24) is 10.2 Å². The van der Waals surface area contributed by atoms with Crippen molar-refractivity contribution in [2.24, 2.45) is 5.92 Å². The summed E-state index contributed by atoms with van der Waals surface area (Å²) in [6.07, 6.45) is 3.41. The van der Waals surface area contributed by atoms with Gasteiger partial charge in [0.2, 0.25) is 11.8 Å². The van der Waals surface area contributed by atoms with Crippen LogP contribution in [0.3, 0.4) is 0 Å². The van der Waals surface area contributed by atoms with Crippen molar-refractivity contribution >= 4 is 11.8 Å². The minimum atomic E-state index is -0.173. The van der Waals surface area contributed by atoms with E-state index >= 15 is 0 Å². The van der Waals surface area contributed by atoms with E-state index in [2.05, 4.69) is 52.1 Å². The molecular formula is C22H32N2O2. The van der Waals surface area contributed by atoms with Gasteiger partial charge in [0, 0.05) is 25.6 Å². The summed E-state index contributed by atoms with van der Waals surface area (Å²) in [6, 6.07) is 4.95. The number of benzene rings is 1. The Morgan fingerprint density at radius 3 is 2.35 bits per heavy atom. The molecule has 1 atom stereocenters. The van der Waals surface area contributed by atoms with Crippen molar-refractivity contribution in [2.75, 3.05) is 13.1 Å². The van der Waals surface area contributed by atoms with Crippen LogP contribution in [0.4, 0.5) is 0 Å². The van der Waals surface area contributed by atoms with Crippen molar-refractivity contribution in [2.45, 2.75) is 71.8 Å². The molecule has 0 unspecified atom stereocenters. The summed E-state index contributed by atoms with van der Waals surface area (Å²) in [7, 11) is 0. The summed E-state index contributed by atoms with van der Waals surface area (Å²) in [5, 5.41) is 3.05. The topological polar surface area (TPSA) is 49.4 Å². The predicted octanol–water partition coefficient (Wildman–Crippen LogP) is 3.27. The number of nitrogens with one attached hydrogen (secondary N) is 1. The summed E-state index contributed by atoms with van der Waals surface area (Å²) in [6.45, 7) is 12.2. The third kappa shape index (κ3) is 4.11. The van der Waals surface area contributed by atoms with Crippen LogP contribution in [0.5, 0.6) is 0 Å². The SMILES string of the molecule is Cc1cc(C(C)(C)C)cc(C)c1CCNC(=O)[C@H]1CC(=O)N(C2CC2)C1. The maximum absolute atomic E-state index is 12.4. The smallest absolute Gasteiger partial charge is 0.225 e. The molecule has 142 valence electrons.